The van der Waals surface area contributed by atoms with Crippen LogP contribution in [0.25, 0.3) is 0 Å². The van der Waals surface area contributed by atoms with Gasteiger partial charge < -0.3 is 25.3 Å². The van der Waals surface area contributed by atoms with E-state index in [4.69, 9.17) is 0 Å². The first-order valence-corrected chi connectivity index (χ1v) is 11.9. The summed E-state index contributed by atoms with van der Waals surface area (Å²) in [6.07, 6.45) is 5.02. The quantitative estimate of drug-likeness (QED) is 0.608. The third kappa shape index (κ3) is 7.60. The fourth-order valence-corrected chi connectivity index (χ4v) is 4.40. The van der Waals surface area contributed by atoms with Crippen LogP contribution in [0.2, 0.25) is 0 Å². The number of hydrogen-bond donors (Lipinski definition) is 2. The number of carbonyl (C=O) groups excluding carboxylic acids is 3. The van der Waals surface area contributed by atoms with Crippen LogP contribution in [0.5, 0.6) is 0 Å². The molecule has 0 spiro atoms. The second-order valence-electron chi connectivity index (χ2n) is 8.69. The van der Waals surface area contributed by atoms with Gasteiger partial charge in [-0.2, -0.15) is 0 Å². The number of carbonyl (C=O) groups is 3. The van der Waals surface area contributed by atoms with Crippen LogP contribution in [0.1, 0.15) is 49.4 Å². The van der Waals surface area contributed by atoms with Crippen molar-refractivity contribution in [2.75, 3.05) is 64.2 Å². The third-order valence-electron chi connectivity index (χ3n) is 6.13. The molecule has 1 aromatic carbocycles. The summed E-state index contributed by atoms with van der Waals surface area (Å²) in [5.74, 6) is -0.161. The van der Waals surface area contributed by atoms with Crippen LogP contribution in [0.15, 0.2) is 24.3 Å². The first-order valence-electron chi connectivity index (χ1n) is 11.9. The molecule has 2 aliphatic heterocycles. The zero-order chi connectivity index (χ0) is 22.8. The van der Waals surface area contributed by atoms with E-state index in [0.717, 1.165) is 52.2 Å². The lowest BCUT2D eigenvalue weighted by Gasteiger charge is -2.30. The highest BCUT2D eigenvalue weighted by Gasteiger charge is 2.21. The predicted octanol–water partition coefficient (Wildman–Crippen LogP) is 1.79. The van der Waals surface area contributed by atoms with Crippen molar-refractivity contribution >= 4 is 23.4 Å². The highest BCUT2D eigenvalue weighted by atomic mass is 16.2. The number of nitrogens with one attached hydrogen (secondary N) is 2. The van der Waals surface area contributed by atoms with E-state index < -0.39 is 0 Å². The summed E-state index contributed by atoms with van der Waals surface area (Å²) in [6.45, 7) is 8.80. The first kappa shape index (κ1) is 24.2. The molecule has 176 valence electrons. The molecule has 0 aromatic heterocycles. The topological polar surface area (TPSA) is 85.0 Å². The van der Waals surface area contributed by atoms with Crippen LogP contribution in [0.4, 0.5) is 5.69 Å². The maximum atomic E-state index is 13.3. The molecule has 32 heavy (non-hydrogen) atoms. The number of likely N-dealkylation sites (tertiary alicyclic amines) is 1. The molecule has 2 fully saturated rings. The van der Waals surface area contributed by atoms with Gasteiger partial charge in [0.25, 0.3) is 5.91 Å². The van der Waals surface area contributed by atoms with Crippen molar-refractivity contribution in [2.45, 2.75) is 39.0 Å². The predicted molar refractivity (Wildman–Crippen MR) is 126 cm³/mol. The molecular formula is C24H37N5O3. The standard InChI is InChI=1S/C24H37N5O3/c1-20(30)26-22-8-5-7-21(19-22)24(32)29(15-6-14-27-12-3-2-4-13-27)16-9-23(31)28-17-10-25-11-18-28/h5,7-8,19,25H,2-4,6,9-18H2,1H3,(H,26,30). The van der Waals surface area contributed by atoms with Crippen LogP contribution < -0.4 is 10.6 Å². The molecule has 0 aliphatic carbocycles. The molecule has 0 bridgehead atoms. The molecule has 1 aromatic rings. The summed E-state index contributed by atoms with van der Waals surface area (Å²) in [7, 11) is 0. The second kappa shape index (κ2) is 12.6. The Labute approximate surface area is 191 Å². The van der Waals surface area contributed by atoms with Crippen LogP contribution >= 0.6 is 0 Å². The molecule has 0 unspecified atom stereocenters. The Hall–Kier alpha value is -2.45. The van der Waals surface area contributed by atoms with E-state index in [9.17, 15) is 14.4 Å². The maximum Gasteiger partial charge on any atom is 0.253 e. The Balaban J connectivity index is 1.62. The summed E-state index contributed by atoms with van der Waals surface area (Å²) < 4.78 is 0. The zero-order valence-corrected chi connectivity index (χ0v) is 19.3. The number of piperidine rings is 1. The molecule has 2 aliphatic rings. The van der Waals surface area contributed by atoms with Crippen molar-refractivity contribution < 1.29 is 14.4 Å². The van der Waals surface area contributed by atoms with Gasteiger partial charge in [-0.3, -0.25) is 14.4 Å². The van der Waals surface area contributed by atoms with Gasteiger partial charge >= 0.3 is 0 Å². The molecule has 0 saturated carbocycles. The second-order valence-corrected chi connectivity index (χ2v) is 8.69. The lowest BCUT2D eigenvalue weighted by molar-refractivity contribution is -0.132. The van der Waals surface area contributed by atoms with Crippen LogP contribution in [0, 0.1) is 0 Å². The van der Waals surface area contributed by atoms with Gasteiger partial charge in [0.1, 0.15) is 0 Å². The summed E-state index contributed by atoms with van der Waals surface area (Å²) in [5, 5.41) is 5.99. The number of rotatable bonds is 9. The minimum Gasteiger partial charge on any atom is -0.340 e. The SMILES string of the molecule is CC(=O)Nc1cccc(C(=O)N(CCCN2CCCCC2)CCC(=O)N2CCNCC2)c1. The maximum absolute atomic E-state index is 13.3. The molecular weight excluding hydrogens is 406 g/mol. The van der Waals surface area contributed by atoms with Crippen molar-refractivity contribution in [1.29, 1.82) is 0 Å². The summed E-state index contributed by atoms with van der Waals surface area (Å²) in [6, 6.07) is 7.02. The fourth-order valence-electron chi connectivity index (χ4n) is 4.40. The molecule has 0 atom stereocenters. The molecule has 2 saturated heterocycles. The van der Waals surface area contributed by atoms with E-state index in [1.165, 1.54) is 26.2 Å². The largest absolute Gasteiger partial charge is 0.340 e. The molecule has 8 nitrogen and oxygen atoms in total. The van der Waals surface area contributed by atoms with E-state index in [2.05, 4.69) is 15.5 Å². The number of hydrogen-bond acceptors (Lipinski definition) is 5. The summed E-state index contributed by atoms with van der Waals surface area (Å²) in [5.41, 5.74) is 1.14. The average molecular weight is 444 g/mol. The van der Waals surface area contributed by atoms with Gasteiger partial charge in [0, 0.05) is 63.9 Å². The number of benzene rings is 1. The van der Waals surface area contributed by atoms with Gasteiger partial charge in [0.15, 0.2) is 0 Å². The number of piperazine rings is 1. The van der Waals surface area contributed by atoms with E-state index in [0.29, 0.717) is 30.8 Å². The van der Waals surface area contributed by atoms with Crippen molar-refractivity contribution in [3.63, 3.8) is 0 Å². The lowest BCUT2D eigenvalue weighted by Crippen LogP contribution is -2.47. The first-order chi connectivity index (χ1) is 15.5. The highest BCUT2D eigenvalue weighted by Crippen LogP contribution is 2.15. The zero-order valence-electron chi connectivity index (χ0n) is 19.3. The molecule has 0 radical (unpaired) electrons. The summed E-state index contributed by atoms with van der Waals surface area (Å²) >= 11 is 0. The van der Waals surface area contributed by atoms with Gasteiger partial charge in [-0.15, -0.1) is 0 Å². The van der Waals surface area contributed by atoms with Crippen LogP contribution in [-0.2, 0) is 9.59 Å². The van der Waals surface area contributed by atoms with Gasteiger partial charge in [-0.05, 0) is 57.1 Å². The third-order valence-corrected chi connectivity index (χ3v) is 6.13. The highest BCUT2D eigenvalue weighted by molar-refractivity contribution is 5.97. The Morgan fingerprint density at radius 2 is 1.78 bits per heavy atom. The monoisotopic (exact) mass is 443 g/mol. The van der Waals surface area contributed by atoms with Crippen molar-refractivity contribution in [1.82, 2.24) is 20.0 Å². The van der Waals surface area contributed by atoms with Gasteiger partial charge in [0.2, 0.25) is 11.8 Å². The molecule has 3 rings (SSSR count). The van der Waals surface area contributed by atoms with E-state index in [1.54, 1.807) is 29.2 Å². The fraction of sp³-hybridized carbons (Fsp3) is 0.625. The van der Waals surface area contributed by atoms with E-state index >= 15 is 0 Å². The number of nitrogens with zero attached hydrogens (tertiary/aromatic N) is 3. The van der Waals surface area contributed by atoms with E-state index in [-0.39, 0.29) is 17.7 Å². The molecule has 8 heteroatoms. The average Bonchev–Trinajstić information content (AvgIpc) is 2.81. The normalized spacial score (nSPS) is 17.1. The van der Waals surface area contributed by atoms with Crippen molar-refractivity contribution in [3.8, 4) is 0 Å². The molecule has 3 amide bonds. The van der Waals surface area contributed by atoms with Gasteiger partial charge in [0.05, 0.1) is 0 Å². The number of amides is 3. The van der Waals surface area contributed by atoms with Crippen molar-refractivity contribution in [3.05, 3.63) is 29.8 Å². The minimum absolute atomic E-state index is 0.0936. The van der Waals surface area contributed by atoms with Gasteiger partial charge in [-0.1, -0.05) is 12.5 Å². The van der Waals surface area contributed by atoms with E-state index in [1.807, 2.05) is 4.90 Å². The van der Waals surface area contributed by atoms with Crippen LogP contribution in [-0.4, -0.2) is 91.3 Å². The lowest BCUT2D eigenvalue weighted by atomic mass is 10.1. The summed E-state index contributed by atoms with van der Waals surface area (Å²) in [4.78, 5) is 43.5. The Morgan fingerprint density at radius 1 is 1.03 bits per heavy atom. The Bertz CT molecular complexity index is 773. The van der Waals surface area contributed by atoms with Crippen molar-refractivity contribution in [2.24, 2.45) is 0 Å². The molecule has 2 N–H and O–H groups in total. The Kier molecular flexibility index (Phi) is 9.49. The number of anilines is 1. The van der Waals surface area contributed by atoms with Crippen LogP contribution in [0.3, 0.4) is 0 Å². The van der Waals surface area contributed by atoms with Gasteiger partial charge in [-0.25, -0.2) is 0 Å². The Morgan fingerprint density at radius 3 is 2.50 bits per heavy atom. The molecule has 2 heterocycles. The minimum atomic E-state index is -0.172. The smallest absolute Gasteiger partial charge is 0.253 e.